The zero-order valence-corrected chi connectivity index (χ0v) is 13.7. The fourth-order valence-corrected chi connectivity index (χ4v) is 4.45. The maximum absolute atomic E-state index is 12.5. The van der Waals surface area contributed by atoms with Gasteiger partial charge in [0, 0.05) is 19.2 Å². The van der Waals surface area contributed by atoms with Gasteiger partial charge in [0.05, 0.1) is 5.75 Å². The van der Waals surface area contributed by atoms with Crippen molar-refractivity contribution in [2.45, 2.75) is 31.1 Å². The van der Waals surface area contributed by atoms with E-state index in [2.05, 4.69) is 5.32 Å². The van der Waals surface area contributed by atoms with Gasteiger partial charge in [0.15, 0.2) is 0 Å². The van der Waals surface area contributed by atoms with Crippen molar-refractivity contribution in [1.29, 1.82) is 0 Å². The average molecular weight is 340 g/mol. The standard InChI is InChI=1S/C15H20N2O5S/c1-16-14(18)12-7-5-11(6-8-12)10-23(21,22)17-9-3-2-4-13(17)15(19)20/h5-8,13H,2-4,9-10H2,1H3,(H,16,18)(H,19,20). The first kappa shape index (κ1) is 17.4. The maximum atomic E-state index is 12.5. The van der Waals surface area contributed by atoms with Crippen LogP contribution in [0.3, 0.4) is 0 Å². The number of carboxylic acids is 1. The quantitative estimate of drug-likeness (QED) is 0.826. The predicted octanol–water partition coefficient (Wildman–Crippen LogP) is 0.815. The SMILES string of the molecule is CNC(=O)c1ccc(CS(=O)(=O)N2CCCCC2C(=O)O)cc1. The molecule has 1 aromatic carbocycles. The normalized spacial score (nSPS) is 19.3. The Balaban J connectivity index is 2.17. The second-order valence-electron chi connectivity index (χ2n) is 5.49. The predicted molar refractivity (Wildman–Crippen MR) is 84.4 cm³/mol. The molecule has 0 radical (unpaired) electrons. The lowest BCUT2D eigenvalue weighted by Gasteiger charge is -2.31. The van der Waals surface area contributed by atoms with E-state index < -0.39 is 22.0 Å². The van der Waals surface area contributed by atoms with Crippen LogP contribution in [-0.2, 0) is 20.6 Å². The van der Waals surface area contributed by atoms with Gasteiger partial charge in [-0.05, 0) is 37.0 Å². The molecule has 8 heteroatoms. The van der Waals surface area contributed by atoms with Crippen LogP contribution in [0.4, 0.5) is 0 Å². The lowest BCUT2D eigenvalue weighted by atomic mass is 10.1. The van der Waals surface area contributed by atoms with E-state index in [9.17, 15) is 23.1 Å². The van der Waals surface area contributed by atoms with Gasteiger partial charge < -0.3 is 10.4 Å². The lowest BCUT2D eigenvalue weighted by Crippen LogP contribution is -2.48. The van der Waals surface area contributed by atoms with Crippen LogP contribution in [-0.4, -0.2) is 49.3 Å². The van der Waals surface area contributed by atoms with Crippen molar-refractivity contribution in [2.75, 3.05) is 13.6 Å². The second kappa shape index (κ2) is 7.10. The van der Waals surface area contributed by atoms with Gasteiger partial charge in [0.1, 0.15) is 6.04 Å². The second-order valence-corrected chi connectivity index (χ2v) is 7.41. The van der Waals surface area contributed by atoms with Gasteiger partial charge in [-0.15, -0.1) is 0 Å². The van der Waals surface area contributed by atoms with Crippen molar-refractivity contribution in [3.63, 3.8) is 0 Å². The van der Waals surface area contributed by atoms with Crippen LogP contribution >= 0.6 is 0 Å². The molecule has 1 amide bonds. The van der Waals surface area contributed by atoms with E-state index in [0.717, 1.165) is 4.31 Å². The van der Waals surface area contributed by atoms with Gasteiger partial charge in [-0.25, -0.2) is 8.42 Å². The minimum Gasteiger partial charge on any atom is -0.480 e. The molecule has 1 aliphatic rings. The molecule has 7 nitrogen and oxygen atoms in total. The molecule has 2 N–H and O–H groups in total. The van der Waals surface area contributed by atoms with E-state index in [-0.39, 0.29) is 18.2 Å². The van der Waals surface area contributed by atoms with Crippen LogP contribution in [0.25, 0.3) is 0 Å². The number of aliphatic carboxylic acids is 1. The number of nitrogens with one attached hydrogen (secondary N) is 1. The Hall–Kier alpha value is -1.93. The molecule has 0 bridgehead atoms. The number of sulfonamides is 1. The topological polar surface area (TPSA) is 104 Å². The van der Waals surface area contributed by atoms with Crippen molar-refractivity contribution in [3.8, 4) is 0 Å². The molecule has 1 aromatic rings. The summed E-state index contributed by atoms with van der Waals surface area (Å²) in [4.78, 5) is 22.7. The first-order valence-electron chi connectivity index (χ1n) is 7.38. The van der Waals surface area contributed by atoms with Crippen LogP contribution in [0, 0.1) is 0 Å². The largest absolute Gasteiger partial charge is 0.480 e. The van der Waals surface area contributed by atoms with Gasteiger partial charge in [-0.1, -0.05) is 12.1 Å². The fourth-order valence-electron chi connectivity index (χ4n) is 2.67. The van der Waals surface area contributed by atoms with Crippen LogP contribution in [0.15, 0.2) is 24.3 Å². The maximum Gasteiger partial charge on any atom is 0.322 e. The smallest absolute Gasteiger partial charge is 0.322 e. The van der Waals surface area contributed by atoms with Gasteiger partial charge in [-0.3, -0.25) is 9.59 Å². The van der Waals surface area contributed by atoms with Gasteiger partial charge >= 0.3 is 5.97 Å². The molecule has 1 atom stereocenters. The van der Waals surface area contributed by atoms with E-state index in [1.165, 1.54) is 7.05 Å². The van der Waals surface area contributed by atoms with Crippen molar-refractivity contribution in [1.82, 2.24) is 9.62 Å². The number of hydrogen-bond acceptors (Lipinski definition) is 4. The zero-order chi connectivity index (χ0) is 17.0. The van der Waals surface area contributed by atoms with E-state index in [0.29, 0.717) is 30.4 Å². The number of nitrogens with zero attached hydrogens (tertiary/aromatic N) is 1. The number of hydrogen-bond donors (Lipinski definition) is 2. The first-order valence-corrected chi connectivity index (χ1v) is 8.99. The Labute approximate surface area is 135 Å². The third kappa shape index (κ3) is 4.08. The van der Waals surface area contributed by atoms with Crippen molar-refractivity contribution in [2.24, 2.45) is 0 Å². The zero-order valence-electron chi connectivity index (χ0n) is 12.9. The van der Waals surface area contributed by atoms with Gasteiger partial charge in [-0.2, -0.15) is 4.31 Å². The number of piperidine rings is 1. The van der Waals surface area contributed by atoms with E-state index in [1.54, 1.807) is 24.3 Å². The summed E-state index contributed by atoms with van der Waals surface area (Å²) in [5, 5.41) is 11.7. The highest BCUT2D eigenvalue weighted by Crippen LogP contribution is 2.23. The summed E-state index contributed by atoms with van der Waals surface area (Å²) < 4.78 is 26.1. The van der Waals surface area contributed by atoms with Crippen molar-refractivity contribution in [3.05, 3.63) is 35.4 Å². The molecule has 23 heavy (non-hydrogen) atoms. The van der Waals surface area contributed by atoms with Gasteiger partial charge in [0.2, 0.25) is 10.0 Å². The number of carbonyl (C=O) groups is 2. The molecule has 1 unspecified atom stereocenters. The third-order valence-corrected chi connectivity index (χ3v) is 5.74. The molecule has 0 saturated carbocycles. The minimum absolute atomic E-state index is 0.232. The molecule has 2 rings (SSSR count). The highest BCUT2D eigenvalue weighted by atomic mass is 32.2. The number of rotatable bonds is 5. The molecular weight excluding hydrogens is 320 g/mol. The van der Waals surface area contributed by atoms with Crippen LogP contribution < -0.4 is 5.32 Å². The first-order chi connectivity index (χ1) is 10.8. The van der Waals surface area contributed by atoms with Crippen molar-refractivity contribution >= 4 is 21.9 Å². The molecule has 1 saturated heterocycles. The highest BCUT2D eigenvalue weighted by molar-refractivity contribution is 7.88. The lowest BCUT2D eigenvalue weighted by molar-refractivity contribution is -0.142. The Morgan fingerprint density at radius 2 is 1.91 bits per heavy atom. The number of amides is 1. The Morgan fingerprint density at radius 3 is 2.48 bits per heavy atom. The molecular formula is C15H20N2O5S. The van der Waals surface area contributed by atoms with E-state index >= 15 is 0 Å². The Bertz CT molecular complexity index is 684. The van der Waals surface area contributed by atoms with Crippen molar-refractivity contribution < 1.29 is 23.1 Å². The number of benzene rings is 1. The number of carboxylic acid groups (broad SMARTS) is 1. The summed E-state index contributed by atoms with van der Waals surface area (Å²) in [5.74, 6) is -1.63. The van der Waals surface area contributed by atoms with Crippen LogP contribution in [0.2, 0.25) is 0 Å². The molecule has 1 aliphatic heterocycles. The summed E-state index contributed by atoms with van der Waals surface area (Å²) >= 11 is 0. The molecule has 0 spiro atoms. The summed E-state index contributed by atoms with van der Waals surface area (Å²) in [7, 11) is -2.20. The molecule has 0 aliphatic carbocycles. The molecule has 0 aromatic heterocycles. The molecule has 1 fully saturated rings. The Kier molecular flexibility index (Phi) is 5.38. The summed E-state index contributed by atoms with van der Waals surface area (Å²) in [6.07, 6.45) is 1.71. The van der Waals surface area contributed by atoms with Gasteiger partial charge in [0.25, 0.3) is 5.91 Å². The molecule has 1 heterocycles. The average Bonchev–Trinajstić information content (AvgIpc) is 2.54. The highest BCUT2D eigenvalue weighted by Gasteiger charge is 2.36. The third-order valence-electron chi connectivity index (χ3n) is 3.89. The number of carbonyl (C=O) groups excluding carboxylic acids is 1. The minimum atomic E-state index is -3.72. The summed E-state index contributed by atoms with van der Waals surface area (Å²) in [5.41, 5.74) is 0.961. The fraction of sp³-hybridized carbons (Fsp3) is 0.467. The monoisotopic (exact) mass is 340 g/mol. The summed E-state index contributed by atoms with van der Waals surface area (Å²) in [6, 6.07) is 5.26. The van der Waals surface area contributed by atoms with Crippen LogP contribution in [0.5, 0.6) is 0 Å². The Morgan fingerprint density at radius 1 is 1.26 bits per heavy atom. The van der Waals surface area contributed by atoms with E-state index in [1.807, 2.05) is 0 Å². The van der Waals surface area contributed by atoms with Crippen LogP contribution in [0.1, 0.15) is 35.2 Å². The molecule has 126 valence electrons. The summed E-state index contributed by atoms with van der Waals surface area (Å²) in [6.45, 7) is 0.232. The van der Waals surface area contributed by atoms with E-state index in [4.69, 9.17) is 0 Å².